The lowest BCUT2D eigenvalue weighted by Gasteiger charge is -2.32. The normalized spacial score (nSPS) is 12.6. The van der Waals surface area contributed by atoms with E-state index in [-0.39, 0.29) is 12.2 Å². The monoisotopic (exact) mass is 618 g/mol. The Morgan fingerprint density at radius 2 is 1.02 bits per heavy atom. The molecule has 224 valence electrons. The maximum Gasteiger partial charge on any atom is 0.135 e. The van der Waals surface area contributed by atoms with Gasteiger partial charge in [-0.05, 0) is 45.8 Å². The third kappa shape index (κ3) is 6.93. The van der Waals surface area contributed by atoms with Crippen molar-refractivity contribution >= 4 is 44.2 Å². The predicted octanol–water partition coefficient (Wildman–Crippen LogP) is 10.2. The highest BCUT2D eigenvalue weighted by atomic mass is 32.1. The van der Waals surface area contributed by atoms with Gasteiger partial charge in [0.05, 0.1) is 5.82 Å². The van der Waals surface area contributed by atoms with Gasteiger partial charge in [0.15, 0.2) is 0 Å². The summed E-state index contributed by atoms with van der Waals surface area (Å²) >= 11 is 3.49. The van der Waals surface area contributed by atoms with Crippen molar-refractivity contribution in [1.82, 2.24) is 9.80 Å². The predicted molar refractivity (Wildman–Crippen MR) is 187 cm³/mol. The van der Waals surface area contributed by atoms with E-state index in [2.05, 4.69) is 150 Å². The number of hydrogen-bond donors (Lipinski definition) is 0. The van der Waals surface area contributed by atoms with E-state index >= 15 is 0 Å². The van der Waals surface area contributed by atoms with Crippen LogP contribution in [-0.4, -0.2) is 37.0 Å². The second kappa shape index (κ2) is 14.0. The molecule has 4 aromatic carbocycles. The highest BCUT2D eigenvalue weighted by Gasteiger charge is 2.20. The molecule has 0 N–H and O–H groups in total. The molecule has 0 fully saturated rings. The van der Waals surface area contributed by atoms with Crippen LogP contribution >= 0.6 is 22.7 Å². The van der Waals surface area contributed by atoms with Gasteiger partial charge in [-0.15, -0.1) is 22.7 Å². The van der Waals surface area contributed by atoms with E-state index in [9.17, 15) is 0 Å². The fourth-order valence-corrected chi connectivity index (χ4v) is 7.12. The minimum Gasteiger partial charge on any atom is -0.484 e. The Kier molecular flexibility index (Phi) is 9.49. The second-order valence-electron chi connectivity index (χ2n) is 11.0. The van der Waals surface area contributed by atoms with E-state index in [1.807, 2.05) is 0 Å². The average molecular weight is 619 g/mol. The lowest BCUT2D eigenvalue weighted by atomic mass is 10.1. The minimum absolute atomic E-state index is 0.0429. The van der Waals surface area contributed by atoms with Crippen LogP contribution in [0.3, 0.4) is 0 Å². The molecule has 2 unspecified atom stereocenters. The molecule has 6 rings (SSSR count). The molecule has 0 saturated carbocycles. The lowest BCUT2D eigenvalue weighted by Crippen LogP contribution is -2.32. The molecular formula is C38H38N2O2S2. The number of rotatable bonds is 14. The van der Waals surface area contributed by atoms with Crippen molar-refractivity contribution in [3.8, 4) is 11.5 Å². The molecule has 0 spiro atoms. The molecule has 2 atom stereocenters. The average Bonchev–Trinajstić information content (AvgIpc) is 3.80. The summed E-state index contributed by atoms with van der Waals surface area (Å²) < 4.78 is 13.4. The quantitative estimate of drug-likeness (QED) is 0.121. The van der Waals surface area contributed by atoms with Crippen LogP contribution in [0, 0.1) is 0 Å². The zero-order valence-corrected chi connectivity index (χ0v) is 26.9. The van der Waals surface area contributed by atoms with Gasteiger partial charge in [0.25, 0.3) is 0 Å². The zero-order valence-electron chi connectivity index (χ0n) is 25.3. The largest absolute Gasteiger partial charge is 0.484 e. The fraction of sp³-hybridized carbons (Fsp3) is 0.211. The van der Waals surface area contributed by atoms with Gasteiger partial charge >= 0.3 is 0 Å². The zero-order chi connectivity index (χ0) is 30.3. The highest BCUT2D eigenvalue weighted by Crippen LogP contribution is 2.35. The Labute approximate surface area is 268 Å². The molecular weight excluding hydrogens is 581 g/mol. The summed E-state index contributed by atoms with van der Waals surface area (Å²) in [6, 6.07) is 37.9. The van der Waals surface area contributed by atoms with Crippen LogP contribution in [-0.2, 0) is 0 Å². The maximum atomic E-state index is 6.70. The topological polar surface area (TPSA) is 24.9 Å². The van der Waals surface area contributed by atoms with Crippen molar-refractivity contribution in [3.05, 3.63) is 142 Å². The minimum atomic E-state index is -0.0429. The summed E-state index contributed by atoms with van der Waals surface area (Å²) in [7, 11) is 4.23. The molecule has 2 heterocycles. The van der Waals surface area contributed by atoms with Crippen LogP contribution in [0.2, 0.25) is 0 Å². The number of thiophene rings is 2. The number of fused-ring (bicyclic) bond motifs is 2. The smallest absolute Gasteiger partial charge is 0.135 e. The molecule has 0 saturated heterocycles. The molecule has 4 nitrogen and oxygen atoms in total. The van der Waals surface area contributed by atoms with Crippen LogP contribution in [0.15, 0.2) is 132 Å². The van der Waals surface area contributed by atoms with Crippen molar-refractivity contribution in [2.45, 2.75) is 25.0 Å². The summed E-state index contributed by atoms with van der Waals surface area (Å²) in [6.45, 7) is 6.09. The molecule has 0 amide bonds. The Bertz CT molecular complexity index is 1660. The molecule has 0 aliphatic heterocycles. The number of benzene rings is 4. The van der Waals surface area contributed by atoms with Crippen molar-refractivity contribution in [1.29, 1.82) is 0 Å². The number of nitrogens with zero attached hydrogens (tertiary/aromatic N) is 2. The first-order chi connectivity index (χ1) is 21.6. The highest BCUT2D eigenvalue weighted by molar-refractivity contribution is 7.10. The summed E-state index contributed by atoms with van der Waals surface area (Å²) in [6.07, 6.45) is 1.60. The van der Waals surface area contributed by atoms with Crippen LogP contribution in [0.1, 0.15) is 34.8 Å². The van der Waals surface area contributed by atoms with Crippen molar-refractivity contribution in [2.75, 3.05) is 27.2 Å². The molecule has 44 heavy (non-hydrogen) atoms. The molecule has 6 heteroatoms. The third-order valence-corrected chi connectivity index (χ3v) is 10.0. The fourth-order valence-electron chi connectivity index (χ4n) is 5.54. The Morgan fingerprint density at radius 3 is 1.45 bits per heavy atom. The summed E-state index contributed by atoms with van der Waals surface area (Å²) in [5.41, 5.74) is 0. The Hall–Kier alpha value is -4.26. The Morgan fingerprint density at radius 1 is 0.591 bits per heavy atom. The molecule has 0 bridgehead atoms. The van der Waals surface area contributed by atoms with Crippen LogP contribution in [0.5, 0.6) is 11.5 Å². The first-order valence-corrected chi connectivity index (χ1v) is 16.8. The van der Waals surface area contributed by atoms with Gasteiger partial charge in [0.1, 0.15) is 23.7 Å². The van der Waals surface area contributed by atoms with E-state index in [0.29, 0.717) is 0 Å². The molecule has 0 aliphatic carbocycles. The van der Waals surface area contributed by atoms with E-state index < -0.39 is 0 Å². The molecule has 0 radical (unpaired) electrons. The standard InChI is InChI=1S/C38H38N2O2S2/c1-28(39(2)24-22-35(37-20-10-26-43-37)41-33-18-8-14-29-12-4-6-16-31(29)33)40(3)25-23-36(38-21-11-27-44-38)42-34-19-9-15-30-13-5-7-17-32(30)34/h4-21,26-27,35-36H,1,22-25H2,2-3H3. The second-order valence-corrected chi connectivity index (χ2v) is 13.0. The van der Waals surface area contributed by atoms with Gasteiger partial charge in [-0.2, -0.15) is 0 Å². The van der Waals surface area contributed by atoms with Gasteiger partial charge in [0.2, 0.25) is 0 Å². The Balaban J connectivity index is 1.09. The van der Waals surface area contributed by atoms with E-state index in [0.717, 1.165) is 54.0 Å². The van der Waals surface area contributed by atoms with E-state index in [1.54, 1.807) is 22.7 Å². The molecule has 6 aromatic rings. The van der Waals surface area contributed by atoms with Crippen LogP contribution < -0.4 is 9.47 Å². The summed E-state index contributed by atoms with van der Waals surface area (Å²) in [5.74, 6) is 2.83. The van der Waals surface area contributed by atoms with Gasteiger partial charge in [-0.25, -0.2) is 0 Å². The SMILES string of the molecule is C=C(N(C)CCC(Oc1cccc2ccccc12)c1cccs1)N(C)CCC(Oc1cccc2ccccc12)c1cccs1. The van der Waals surface area contributed by atoms with Crippen molar-refractivity contribution < 1.29 is 9.47 Å². The lowest BCUT2D eigenvalue weighted by molar-refractivity contribution is 0.161. The van der Waals surface area contributed by atoms with Crippen LogP contribution in [0.25, 0.3) is 21.5 Å². The number of ether oxygens (including phenoxy) is 2. The van der Waals surface area contributed by atoms with Crippen molar-refractivity contribution in [2.24, 2.45) is 0 Å². The number of hydrogen-bond acceptors (Lipinski definition) is 6. The van der Waals surface area contributed by atoms with E-state index in [4.69, 9.17) is 9.47 Å². The van der Waals surface area contributed by atoms with E-state index in [1.165, 1.54) is 20.5 Å². The first-order valence-electron chi connectivity index (χ1n) is 15.0. The maximum absolute atomic E-state index is 6.70. The van der Waals surface area contributed by atoms with Gasteiger partial charge in [-0.1, -0.05) is 91.5 Å². The molecule has 2 aromatic heterocycles. The van der Waals surface area contributed by atoms with Crippen molar-refractivity contribution in [3.63, 3.8) is 0 Å². The summed E-state index contributed by atoms with van der Waals surface area (Å²) in [4.78, 5) is 6.93. The van der Waals surface area contributed by atoms with Gasteiger partial charge in [0, 0.05) is 60.6 Å². The van der Waals surface area contributed by atoms with Crippen LogP contribution in [0.4, 0.5) is 0 Å². The first kappa shape index (κ1) is 29.8. The molecule has 0 aliphatic rings. The summed E-state index contributed by atoms with van der Waals surface area (Å²) in [5, 5.41) is 8.89. The van der Waals surface area contributed by atoms with Gasteiger partial charge in [-0.3, -0.25) is 0 Å². The third-order valence-electron chi connectivity index (χ3n) is 8.09. The van der Waals surface area contributed by atoms with Gasteiger partial charge < -0.3 is 19.3 Å².